The lowest BCUT2D eigenvalue weighted by Gasteiger charge is -2.41. The number of hydrogen-bond acceptors (Lipinski definition) is 4. The van der Waals surface area contributed by atoms with Gasteiger partial charge in [0.05, 0.1) is 23.2 Å². The minimum Gasteiger partial charge on any atom is -0.351 e. The Balaban J connectivity index is 1.86. The zero-order valence-electron chi connectivity index (χ0n) is 14.4. The first-order valence-corrected chi connectivity index (χ1v) is 8.17. The number of imidazole rings is 1. The third kappa shape index (κ3) is 3.11. The van der Waals surface area contributed by atoms with E-state index in [1.165, 1.54) is 0 Å². The molecule has 3 rings (SSSR count). The van der Waals surface area contributed by atoms with Crippen molar-refractivity contribution in [1.82, 2.24) is 25.6 Å². The predicted octanol–water partition coefficient (Wildman–Crippen LogP) is 1.69. The fraction of sp³-hybridized carbons (Fsp3) is 0.529. The van der Waals surface area contributed by atoms with Gasteiger partial charge in [0.2, 0.25) is 5.91 Å². The Labute approximate surface area is 140 Å². The van der Waals surface area contributed by atoms with Crippen molar-refractivity contribution in [3.8, 4) is 0 Å². The maximum atomic E-state index is 12.8. The molecule has 7 nitrogen and oxygen atoms in total. The lowest BCUT2D eigenvalue weighted by Crippen LogP contribution is -2.60. The monoisotopic (exact) mass is 329 g/mol. The van der Waals surface area contributed by atoms with Crippen molar-refractivity contribution in [2.45, 2.75) is 52.6 Å². The topological polar surface area (TPSA) is 99.8 Å². The highest BCUT2D eigenvalue weighted by Crippen LogP contribution is 2.27. The standard InChI is InChI=1S/C17H23N5O2/c1-9-19-13-10(7-8-18-15(13)20-9)16(24)21-11-5-6-12(23)22-14(11)17(2,3)4/h7-8,11,14H,5-6H2,1-4H3,(H,21,24)(H,22,23)(H,18,19,20)/t11-,14-/m1/s1. The molecule has 1 fully saturated rings. The van der Waals surface area contributed by atoms with Crippen LogP contribution < -0.4 is 10.6 Å². The number of fused-ring (bicyclic) bond motifs is 1. The molecule has 2 aromatic heterocycles. The molecule has 1 aliphatic heterocycles. The summed E-state index contributed by atoms with van der Waals surface area (Å²) in [7, 11) is 0. The molecule has 128 valence electrons. The second-order valence-corrected chi connectivity index (χ2v) is 7.41. The molecular weight excluding hydrogens is 306 g/mol. The van der Waals surface area contributed by atoms with E-state index in [-0.39, 0.29) is 29.3 Å². The fourth-order valence-corrected chi connectivity index (χ4v) is 3.24. The number of carbonyl (C=O) groups is 2. The Bertz CT molecular complexity index is 790. The van der Waals surface area contributed by atoms with Gasteiger partial charge in [0.15, 0.2) is 5.65 Å². The van der Waals surface area contributed by atoms with Crippen molar-refractivity contribution in [3.63, 3.8) is 0 Å². The van der Waals surface area contributed by atoms with Crippen molar-refractivity contribution >= 4 is 23.0 Å². The molecule has 0 radical (unpaired) electrons. The summed E-state index contributed by atoms with van der Waals surface area (Å²) in [6, 6.07) is 1.47. The summed E-state index contributed by atoms with van der Waals surface area (Å²) in [6.45, 7) is 8.01. The number of nitrogens with zero attached hydrogens (tertiary/aromatic N) is 2. The van der Waals surface area contributed by atoms with Gasteiger partial charge in [-0.2, -0.15) is 0 Å². The minimum absolute atomic E-state index is 0.0379. The molecule has 0 bridgehead atoms. The van der Waals surface area contributed by atoms with Gasteiger partial charge in [-0.05, 0) is 24.8 Å². The summed E-state index contributed by atoms with van der Waals surface area (Å²) < 4.78 is 0. The van der Waals surface area contributed by atoms with Crippen LogP contribution in [0.25, 0.3) is 11.2 Å². The van der Waals surface area contributed by atoms with Gasteiger partial charge in [-0.25, -0.2) is 9.97 Å². The molecule has 2 amide bonds. The second kappa shape index (κ2) is 5.89. The number of pyridine rings is 1. The fourth-order valence-electron chi connectivity index (χ4n) is 3.24. The Hall–Kier alpha value is -2.44. The van der Waals surface area contributed by atoms with Gasteiger partial charge in [-0.15, -0.1) is 0 Å². The van der Waals surface area contributed by atoms with Crippen molar-refractivity contribution < 1.29 is 9.59 Å². The van der Waals surface area contributed by atoms with Gasteiger partial charge in [0.25, 0.3) is 5.91 Å². The van der Waals surface area contributed by atoms with Crippen LogP contribution in [0.3, 0.4) is 0 Å². The quantitative estimate of drug-likeness (QED) is 0.780. The Morgan fingerprint density at radius 2 is 2.12 bits per heavy atom. The summed E-state index contributed by atoms with van der Waals surface area (Å²) in [5.41, 5.74) is 1.54. The molecule has 2 atom stereocenters. The van der Waals surface area contributed by atoms with Crippen LogP contribution in [0.5, 0.6) is 0 Å². The zero-order valence-corrected chi connectivity index (χ0v) is 14.4. The highest BCUT2D eigenvalue weighted by molar-refractivity contribution is 6.04. The third-order valence-electron chi connectivity index (χ3n) is 4.41. The molecule has 0 aliphatic carbocycles. The lowest BCUT2D eigenvalue weighted by atomic mass is 9.78. The molecule has 0 spiro atoms. The average Bonchev–Trinajstić information content (AvgIpc) is 2.87. The van der Waals surface area contributed by atoms with Crippen LogP contribution >= 0.6 is 0 Å². The SMILES string of the molecule is Cc1nc2nccc(C(=O)N[C@@H]3CCC(=O)N[C@H]3C(C)(C)C)c2[nH]1. The normalized spacial score (nSPS) is 21.6. The lowest BCUT2D eigenvalue weighted by molar-refractivity contribution is -0.125. The number of nitrogens with one attached hydrogen (secondary N) is 3. The van der Waals surface area contributed by atoms with E-state index in [0.29, 0.717) is 29.6 Å². The summed E-state index contributed by atoms with van der Waals surface area (Å²) >= 11 is 0. The van der Waals surface area contributed by atoms with E-state index in [9.17, 15) is 9.59 Å². The minimum atomic E-state index is -0.179. The molecule has 1 saturated heterocycles. The van der Waals surface area contributed by atoms with Crippen LogP contribution in [0.4, 0.5) is 0 Å². The van der Waals surface area contributed by atoms with Gasteiger partial charge in [0, 0.05) is 12.6 Å². The number of H-pyrrole nitrogens is 1. The van der Waals surface area contributed by atoms with Crippen LogP contribution in [0.2, 0.25) is 0 Å². The number of carbonyl (C=O) groups excluding carboxylic acids is 2. The average molecular weight is 329 g/mol. The molecule has 0 saturated carbocycles. The number of hydrogen-bond donors (Lipinski definition) is 3. The van der Waals surface area contributed by atoms with E-state index in [1.807, 2.05) is 6.92 Å². The molecule has 2 aromatic rings. The summed E-state index contributed by atoms with van der Waals surface area (Å²) in [6.07, 6.45) is 2.64. The van der Waals surface area contributed by atoms with E-state index < -0.39 is 0 Å². The molecule has 0 aromatic carbocycles. The summed E-state index contributed by atoms with van der Waals surface area (Å²) in [5, 5.41) is 6.10. The first-order chi connectivity index (χ1) is 11.3. The largest absolute Gasteiger partial charge is 0.351 e. The number of aromatic nitrogens is 3. The smallest absolute Gasteiger partial charge is 0.253 e. The van der Waals surface area contributed by atoms with Crippen LogP contribution in [-0.4, -0.2) is 38.8 Å². The number of amides is 2. The first-order valence-electron chi connectivity index (χ1n) is 8.17. The van der Waals surface area contributed by atoms with Gasteiger partial charge in [-0.3, -0.25) is 9.59 Å². The Kier molecular flexibility index (Phi) is 4.03. The maximum absolute atomic E-state index is 12.8. The highest BCUT2D eigenvalue weighted by Gasteiger charge is 2.37. The first kappa shape index (κ1) is 16.4. The van der Waals surface area contributed by atoms with Crippen LogP contribution in [-0.2, 0) is 4.79 Å². The van der Waals surface area contributed by atoms with E-state index in [0.717, 1.165) is 5.82 Å². The van der Waals surface area contributed by atoms with Crippen molar-refractivity contribution in [2.24, 2.45) is 5.41 Å². The second-order valence-electron chi connectivity index (χ2n) is 7.41. The van der Waals surface area contributed by atoms with Crippen molar-refractivity contribution in [2.75, 3.05) is 0 Å². The number of rotatable bonds is 2. The Morgan fingerprint density at radius 1 is 1.38 bits per heavy atom. The summed E-state index contributed by atoms with van der Waals surface area (Å²) in [5.74, 6) is 0.576. The van der Waals surface area contributed by atoms with Gasteiger partial charge in [-0.1, -0.05) is 20.8 Å². The maximum Gasteiger partial charge on any atom is 0.253 e. The number of aromatic amines is 1. The molecular formula is C17H23N5O2. The van der Waals surface area contributed by atoms with Gasteiger partial charge >= 0.3 is 0 Å². The Morgan fingerprint density at radius 3 is 2.83 bits per heavy atom. The molecule has 3 heterocycles. The van der Waals surface area contributed by atoms with E-state index >= 15 is 0 Å². The molecule has 3 N–H and O–H groups in total. The number of aryl methyl sites for hydroxylation is 1. The van der Waals surface area contributed by atoms with Gasteiger partial charge < -0.3 is 15.6 Å². The van der Waals surface area contributed by atoms with Crippen molar-refractivity contribution in [3.05, 3.63) is 23.7 Å². The molecule has 0 unspecified atom stereocenters. The van der Waals surface area contributed by atoms with Crippen LogP contribution in [0.1, 0.15) is 49.8 Å². The van der Waals surface area contributed by atoms with E-state index in [4.69, 9.17) is 0 Å². The summed E-state index contributed by atoms with van der Waals surface area (Å²) in [4.78, 5) is 36.1. The third-order valence-corrected chi connectivity index (χ3v) is 4.41. The van der Waals surface area contributed by atoms with Crippen molar-refractivity contribution in [1.29, 1.82) is 0 Å². The van der Waals surface area contributed by atoms with E-state index in [2.05, 4.69) is 46.4 Å². The highest BCUT2D eigenvalue weighted by atomic mass is 16.2. The van der Waals surface area contributed by atoms with Crippen LogP contribution in [0, 0.1) is 12.3 Å². The molecule has 1 aliphatic rings. The molecule has 24 heavy (non-hydrogen) atoms. The molecule has 7 heteroatoms. The van der Waals surface area contributed by atoms with Crippen LogP contribution in [0.15, 0.2) is 12.3 Å². The zero-order chi connectivity index (χ0) is 17.5. The van der Waals surface area contributed by atoms with E-state index in [1.54, 1.807) is 12.3 Å². The predicted molar refractivity (Wildman–Crippen MR) is 90.5 cm³/mol. The van der Waals surface area contributed by atoms with Gasteiger partial charge in [0.1, 0.15) is 5.82 Å². The number of piperidine rings is 1.